The third kappa shape index (κ3) is 1.11. The zero-order chi connectivity index (χ0) is 8.39. The minimum Gasteiger partial charge on any atom is -0.268 e. The maximum atomic E-state index is 4.10. The monoisotopic (exact) mass is 157 g/mol. The topological polar surface area (TPSA) is 17.8 Å². The molecule has 0 saturated carbocycles. The predicted octanol–water partition coefficient (Wildman–Crippen LogP) is 1.89. The summed E-state index contributed by atoms with van der Waals surface area (Å²) in [5.74, 6) is 0. The second kappa shape index (κ2) is 2.81. The van der Waals surface area contributed by atoms with Gasteiger partial charge >= 0.3 is 0 Å². The van der Waals surface area contributed by atoms with Crippen LogP contribution in [0.25, 0.3) is 11.3 Å². The number of hydrogen-bond donors (Lipinski definition) is 0. The van der Waals surface area contributed by atoms with Crippen LogP contribution in [0.15, 0.2) is 36.5 Å². The van der Waals surface area contributed by atoms with E-state index in [1.807, 2.05) is 42.1 Å². The standard InChI is InChI=1S/C10H9N2/c1-12-10(7-8-11-12)9-5-3-2-4-6-9/h3-8H,1H3. The van der Waals surface area contributed by atoms with E-state index in [0.29, 0.717) is 0 Å². The molecule has 0 fully saturated rings. The molecule has 12 heavy (non-hydrogen) atoms. The van der Waals surface area contributed by atoms with E-state index in [1.165, 1.54) is 5.56 Å². The second-order valence-corrected chi connectivity index (χ2v) is 2.63. The summed E-state index contributed by atoms with van der Waals surface area (Å²) < 4.78 is 1.86. The first-order valence-electron chi connectivity index (χ1n) is 3.82. The van der Waals surface area contributed by atoms with Crippen molar-refractivity contribution in [2.24, 2.45) is 7.05 Å². The van der Waals surface area contributed by atoms with Crippen LogP contribution in [-0.2, 0) is 7.05 Å². The highest BCUT2D eigenvalue weighted by Gasteiger charge is 1.99. The quantitative estimate of drug-likeness (QED) is 0.618. The van der Waals surface area contributed by atoms with Crippen molar-refractivity contribution in [3.8, 4) is 11.3 Å². The Hall–Kier alpha value is -1.57. The molecule has 1 heterocycles. The van der Waals surface area contributed by atoms with E-state index in [2.05, 4.69) is 11.2 Å². The number of nitrogens with zero attached hydrogens (tertiary/aromatic N) is 2. The van der Waals surface area contributed by atoms with Crippen LogP contribution >= 0.6 is 0 Å². The fraction of sp³-hybridized carbons (Fsp3) is 0.100. The van der Waals surface area contributed by atoms with Crippen LogP contribution in [0, 0.1) is 6.07 Å². The summed E-state index contributed by atoms with van der Waals surface area (Å²) in [6.45, 7) is 0. The molecule has 0 aliphatic carbocycles. The summed E-state index contributed by atoms with van der Waals surface area (Å²) >= 11 is 0. The van der Waals surface area contributed by atoms with Crippen molar-refractivity contribution in [3.63, 3.8) is 0 Å². The van der Waals surface area contributed by atoms with E-state index in [1.54, 1.807) is 6.20 Å². The molecular formula is C10H9N2. The minimum absolute atomic E-state index is 1.13. The van der Waals surface area contributed by atoms with Crippen LogP contribution < -0.4 is 0 Å². The Bertz CT molecular complexity index is 362. The van der Waals surface area contributed by atoms with Crippen molar-refractivity contribution >= 4 is 0 Å². The highest BCUT2D eigenvalue weighted by Crippen LogP contribution is 2.16. The van der Waals surface area contributed by atoms with Crippen molar-refractivity contribution < 1.29 is 0 Å². The lowest BCUT2D eigenvalue weighted by atomic mass is 10.2. The lowest BCUT2D eigenvalue weighted by Gasteiger charge is -1.99. The lowest BCUT2D eigenvalue weighted by Crippen LogP contribution is -1.92. The van der Waals surface area contributed by atoms with Gasteiger partial charge in [-0.1, -0.05) is 24.3 Å². The van der Waals surface area contributed by atoms with Crippen molar-refractivity contribution in [2.45, 2.75) is 0 Å². The summed E-state index contributed by atoms with van der Waals surface area (Å²) in [6, 6.07) is 12.8. The highest BCUT2D eigenvalue weighted by molar-refractivity contribution is 5.58. The van der Waals surface area contributed by atoms with Gasteiger partial charge in [0.2, 0.25) is 0 Å². The molecule has 0 amide bonds. The molecular weight excluding hydrogens is 148 g/mol. The van der Waals surface area contributed by atoms with Gasteiger partial charge in [-0.05, 0) is 17.7 Å². The Morgan fingerprint density at radius 2 is 2.00 bits per heavy atom. The molecule has 59 valence electrons. The van der Waals surface area contributed by atoms with Crippen molar-refractivity contribution in [2.75, 3.05) is 0 Å². The summed E-state index contributed by atoms with van der Waals surface area (Å²) in [5.41, 5.74) is 2.30. The fourth-order valence-corrected chi connectivity index (χ4v) is 1.21. The van der Waals surface area contributed by atoms with Gasteiger partial charge in [0.15, 0.2) is 0 Å². The van der Waals surface area contributed by atoms with Gasteiger partial charge in [-0.25, -0.2) is 0 Å². The van der Waals surface area contributed by atoms with E-state index in [0.717, 1.165) is 5.69 Å². The summed E-state index contributed by atoms with van der Waals surface area (Å²) in [4.78, 5) is 0. The Balaban J connectivity index is 2.51. The van der Waals surface area contributed by atoms with Crippen molar-refractivity contribution in [1.29, 1.82) is 0 Å². The van der Waals surface area contributed by atoms with Gasteiger partial charge in [0, 0.05) is 13.2 Å². The number of aromatic nitrogens is 2. The Labute approximate surface area is 71.5 Å². The predicted molar refractivity (Wildman–Crippen MR) is 47.5 cm³/mol. The summed E-state index contributed by atoms with van der Waals surface area (Å²) in [6.07, 6.45) is 1.80. The van der Waals surface area contributed by atoms with Crippen molar-refractivity contribution in [3.05, 3.63) is 42.6 Å². The molecule has 2 nitrogen and oxygen atoms in total. The van der Waals surface area contributed by atoms with Gasteiger partial charge < -0.3 is 0 Å². The van der Waals surface area contributed by atoms with Crippen LogP contribution in [0.3, 0.4) is 0 Å². The number of aryl methyl sites for hydroxylation is 1. The van der Waals surface area contributed by atoms with E-state index in [4.69, 9.17) is 0 Å². The average molecular weight is 157 g/mol. The van der Waals surface area contributed by atoms with Gasteiger partial charge in [-0.2, -0.15) is 5.10 Å². The first-order chi connectivity index (χ1) is 5.88. The Kier molecular flexibility index (Phi) is 1.67. The molecule has 0 spiro atoms. The molecule has 2 heteroatoms. The number of hydrogen-bond acceptors (Lipinski definition) is 1. The molecule has 2 aromatic rings. The lowest BCUT2D eigenvalue weighted by molar-refractivity contribution is 0.776. The van der Waals surface area contributed by atoms with Crippen molar-refractivity contribution in [1.82, 2.24) is 9.78 Å². The van der Waals surface area contributed by atoms with Gasteiger partial charge in [-0.15, -0.1) is 0 Å². The maximum absolute atomic E-state index is 4.10. The normalized spacial score (nSPS) is 10.1. The molecule has 1 aromatic heterocycles. The van der Waals surface area contributed by atoms with Gasteiger partial charge in [0.05, 0.1) is 5.69 Å². The molecule has 0 saturated heterocycles. The first-order valence-corrected chi connectivity index (χ1v) is 3.82. The molecule has 2 rings (SSSR count). The maximum Gasteiger partial charge on any atom is 0.0678 e. The molecule has 1 radical (unpaired) electrons. The zero-order valence-electron chi connectivity index (χ0n) is 6.86. The molecule has 0 aliphatic heterocycles. The van der Waals surface area contributed by atoms with Crippen LogP contribution in [-0.4, -0.2) is 9.78 Å². The van der Waals surface area contributed by atoms with Crippen LogP contribution in [0.4, 0.5) is 0 Å². The van der Waals surface area contributed by atoms with Crippen LogP contribution in [0.5, 0.6) is 0 Å². The third-order valence-electron chi connectivity index (χ3n) is 1.83. The third-order valence-corrected chi connectivity index (χ3v) is 1.83. The van der Waals surface area contributed by atoms with Crippen LogP contribution in [0.1, 0.15) is 0 Å². The number of rotatable bonds is 1. The highest BCUT2D eigenvalue weighted by atomic mass is 15.2. The smallest absolute Gasteiger partial charge is 0.0678 e. The van der Waals surface area contributed by atoms with E-state index in [9.17, 15) is 0 Å². The first kappa shape index (κ1) is 7.10. The van der Waals surface area contributed by atoms with E-state index < -0.39 is 0 Å². The van der Waals surface area contributed by atoms with Crippen LogP contribution in [0.2, 0.25) is 0 Å². The molecule has 0 atom stereocenters. The van der Waals surface area contributed by atoms with Gasteiger partial charge in [-0.3, -0.25) is 4.68 Å². The molecule has 0 bridgehead atoms. The summed E-state index contributed by atoms with van der Waals surface area (Å²) in [5, 5.41) is 4.10. The molecule has 0 N–H and O–H groups in total. The van der Waals surface area contributed by atoms with Gasteiger partial charge in [0.1, 0.15) is 0 Å². The zero-order valence-corrected chi connectivity index (χ0v) is 6.86. The second-order valence-electron chi connectivity index (χ2n) is 2.63. The average Bonchev–Trinajstić information content (AvgIpc) is 2.53. The van der Waals surface area contributed by atoms with E-state index in [-0.39, 0.29) is 0 Å². The molecule has 1 aromatic carbocycles. The van der Waals surface area contributed by atoms with Gasteiger partial charge in [0.25, 0.3) is 0 Å². The Morgan fingerprint density at radius 3 is 2.58 bits per heavy atom. The fourth-order valence-electron chi connectivity index (χ4n) is 1.21. The minimum atomic E-state index is 1.13. The molecule has 0 aliphatic rings. The molecule has 0 unspecified atom stereocenters. The SMILES string of the molecule is Cn1nccc1-c1cc[c]cc1. The summed E-state index contributed by atoms with van der Waals surface area (Å²) in [7, 11) is 1.94. The van der Waals surface area contributed by atoms with E-state index >= 15 is 0 Å². The Morgan fingerprint density at radius 1 is 1.25 bits per heavy atom. The largest absolute Gasteiger partial charge is 0.268 e. The number of benzene rings is 1.